The molecule has 0 spiro atoms. The lowest BCUT2D eigenvalue weighted by Crippen LogP contribution is -1.91. The van der Waals surface area contributed by atoms with Crippen molar-refractivity contribution in [3.63, 3.8) is 0 Å². The monoisotopic (exact) mass is 280 g/mol. The molecule has 0 aliphatic heterocycles. The van der Waals surface area contributed by atoms with E-state index in [1.165, 1.54) is 10.9 Å². The van der Waals surface area contributed by atoms with Crippen LogP contribution in [0, 0.1) is 6.92 Å². The number of hydrogen-bond acceptors (Lipinski definition) is 3. The molecular formula is C17H16N2S. The molecule has 0 radical (unpaired) electrons. The molecule has 2 aromatic carbocycles. The van der Waals surface area contributed by atoms with Crippen molar-refractivity contribution in [3.8, 4) is 0 Å². The maximum Gasteiger partial charge on any atom is 0.0705 e. The number of nitrogens with zero attached hydrogens (tertiary/aromatic N) is 1. The third-order valence-electron chi connectivity index (χ3n) is 3.20. The summed E-state index contributed by atoms with van der Waals surface area (Å²) in [7, 11) is 0. The van der Waals surface area contributed by atoms with E-state index in [4.69, 9.17) is 5.73 Å². The normalized spacial score (nSPS) is 10.8. The first-order valence-corrected chi connectivity index (χ1v) is 7.54. The Bertz CT molecular complexity index is 753. The van der Waals surface area contributed by atoms with Crippen molar-refractivity contribution in [1.29, 1.82) is 0 Å². The van der Waals surface area contributed by atoms with E-state index in [9.17, 15) is 0 Å². The van der Waals surface area contributed by atoms with Crippen LogP contribution >= 0.6 is 11.8 Å². The molecular weight excluding hydrogens is 264 g/mol. The second-order valence-electron chi connectivity index (χ2n) is 4.83. The second-order valence-corrected chi connectivity index (χ2v) is 5.84. The highest BCUT2D eigenvalue weighted by Crippen LogP contribution is 2.28. The first-order valence-electron chi connectivity index (χ1n) is 6.56. The number of aryl methyl sites for hydroxylation is 1. The number of fused-ring (bicyclic) bond motifs is 1. The van der Waals surface area contributed by atoms with Gasteiger partial charge in [-0.1, -0.05) is 30.3 Å². The third-order valence-corrected chi connectivity index (χ3v) is 4.32. The van der Waals surface area contributed by atoms with Crippen LogP contribution in [0.25, 0.3) is 10.9 Å². The molecule has 1 aromatic heterocycles. The Labute approximate surface area is 123 Å². The molecule has 3 rings (SSSR count). The Morgan fingerprint density at radius 2 is 1.90 bits per heavy atom. The lowest BCUT2D eigenvalue weighted by atomic mass is 10.2. The summed E-state index contributed by atoms with van der Waals surface area (Å²) in [6, 6.07) is 18.6. The largest absolute Gasteiger partial charge is 0.398 e. The van der Waals surface area contributed by atoms with Gasteiger partial charge in [0.2, 0.25) is 0 Å². The van der Waals surface area contributed by atoms with E-state index >= 15 is 0 Å². The first-order chi connectivity index (χ1) is 9.72. The van der Waals surface area contributed by atoms with E-state index in [2.05, 4.69) is 42.2 Å². The van der Waals surface area contributed by atoms with Gasteiger partial charge in [0.15, 0.2) is 0 Å². The SMILES string of the molecule is Cc1ccc(SCc2ccc3ccccc3n2)c(N)c1. The number of anilines is 1. The van der Waals surface area contributed by atoms with Gasteiger partial charge in [0, 0.05) is 21.7 Å². The number of nitrogen functional groups attached to an aromatic ring is 1. The number of benzene rings is 2. The summed E-state index contributed by atoms with van der Waals surface area (Å²) < 4.78 is 0. The van der Waals surface area contributed by atoms with Crippen LogP contribution in [0.4, 0.5) is 5.69 Å². The lowest BCUT2D eigenvalue weighted by Gasteiger charge is -2.07. The molecule has 2 N–H and O–H groups in total. The summed E-state index contributed by atoms with van der Waals surface area (Å²) >= 11 is 1.73. The van der Waals surface area contributed by atoms with Crippen molar-refractivity contribution in [2.75, 3.05) is 5.73 Å². The van der Waals surface area contributed by atoms with Crippen LogP contribution in [-0.2, 0) is 5.75 Å². The van der Waals surface area contributed by atoms with Gasteiger partial charge in [0.05, 0.1) is 11.2 Å². The van der Waals surface area contributed by atoms with Crippen molar-refractivity contribution >= 4 is 28.4 Å². The second kappa shape index (κ2) is 5.55. The third kappa shape index (κ3) is 2.78. The summed E-state index contributed by atoms with van der Waals surface area (Å²) in [5.74, 6) is 0.831. The summed E-state index contributed by atoms with van der Waals surface area (Å²) in [6.45, 7) is 2.05. The molecule has 20 heavy (non-hydrogen) atoms. The van der Waals surface area contributed by atoms with Crippen molar-refractivity contribution in [2.24, 2.45) is 0 Å². The van der Waals surface area contributed by atoms with Crippen LogP contribution in [0.5, 0.6) is 0 Å². The Kier molecular flexibility index (Phi) is 3.61. The smallest absolute Gasteiger partial charge is 0.0705 e. The number of hydrogen-bond donors (Lipinski definition) is 1. The summed E-state index contributed by atoms with van der Waals surface area (Å²) in [6.07, 6.45) is 0. The van der Waals surface area contributed by atoms with Gasteiger partial charge >= 0.3 is 0 Å². The molecule has 0 atom stereocenters. The fourth-order valence-corrected chi connectivity index (χ4v) is 2.99. The highest BCUT2D eigenvalue weighted by molar-refractivity contribution is 7.98. The standard InChI is InChI=1S/C17H16N2S/c1-12-6-9-17(15(18)10-12)20-11-14-8-7-13-4-2-3-5-16(13)19-14/h2-10H,11,18H2,1H3. The van der Waals surface area contributed by atoms with Crippen LogP contribution in [0.15, 0.2) is 59.5 Å². The van der Waals surface area contributed by atoms with Crippen LogP contribution in [0.3, 0.4) is 0 Å². The Morgan fingerprint density at radius 1 is 1.05 bits per heavy atom. The van der Waals surface area contributed by atoms with Crippen molar-refractivity contribution in [2.45, 2.75) is 17.6 Å². The molecule has 0 fully saturated rings. The van der Waals surface area contributed by atoms with Crippen LogP contribution in [0.2, 0.25) is 0 Å². The van der Waals surface area contributed by atoms with Gasteiger partial charge in [-0.2, -0.15) is 0 Å². The molecule has 0 saturated carbocycles. The summed E-state index contributed by atoms with van der Waals surface area (Å²) in [5.41, 5.74) is 10.2. The predicted molar refractivity (Wildman–Crippen MR) is 86.9 cm³/mol. The van der Waals surface area contributed by atoms with Crippen molar-refractivity contribution < 1.29 is 0 Å². The molecule has 0 amide bonds. The minimum atomic E-state index is 0.831. The molecule has 0 saturated heterocycles. The minimum Gasteiger partial charge on any atom is -0.398 e. The highest BCUT2D eigenvalue weighted by atomic mass is 32.2. The summed E-state index contributed by atoms with van der Waals surface area (Å²) in [4.78, 5) is 5.79. The van der Waals surface area contributed by atoms with E-state index in [1.807, 2.05) is 24.3 Å². The minimum absolute atomic E-state index is 0.831. The molecule has 3 aromatic rings. The molecule has 0 unspecified atom stereocenters. The Balaban J connectivity index is 1.79. The number of aromatic nitrogens is 1. The van der Waals surface area contributed by atoms with E-state index in [0.29, 0.717) is 0 Å². The van der Waals surface area contributed by atoms with Crippen LogP contribution in [0.1, 0.15) is 11.3 Å². The molecule has 3 heteroatoms. The molecule has 100 valence electrons. The van der Waals surface area contributed by atoms with Gasteiger partial charge in [0.25, 0.3) is 0 Å². The van der Waals surface area contributed by atoms with Crippen LogP contribution < -0.4 is 5.73 Å². The van der Waals surface area contributed by atoms with Crippen LogP contribution in [-0.4, -0.2) is 4.98 Å². The maximum atomic E-state index is 6.03. The van der Waals surface area contributed by atoms with Gasteiger partial charge in [-0.3, -0.25) is 4.98 Å². The van der Waals surface area contributed by atoms with E-state index in [0.717, 1.165) is 27.5 Å². The van der Waals surface area contributed by atoms with Gasteiger partial charge in [0.1, 0.15) is 0 Å². The van der Waals surface area contributed by atoms with Gasteiger partial charge in [-0.25, -0.2) is 0 Å². The average Bonchev–Trinajstić information content (AvgIpc) is 2.46. The number of thioether (sulfide) groups is 1. The number of pyridine rings is 1. The number of nitrogens with two attached hydrogens (primary N) is 1. The summed E-state index contributed by atoms with van der Waals surface area (Å²) in [5, 5.41) is 1.18. The van der Waals surface area contributed by atoms with Crippen molar-refractivity contribution in [3.05, 3.63) is 65.9 Å². The molecule has 0 aliphatic carbocycles. The molecule has 0 aliphatic rings. The predicted octanol–water partition coefficient (Wildman–Crippen LogP) is 4.42. The zero-order valence-corrected chi connectivity index (χ0v) is 12.2. The highest BCUT2D eigenvalue weighted by Gasteiger charge is 2.03. The molecule has 0 bridgehead atoms. The average molecular weight is 280 g/mol. The Hall–Kier alpha value is -2.00. The topological polar surface area (TPSA) is 38.9 Å². The quantitative estimate of drug-likeness (QED) is 0.570. The lowest BCUT2D eigenvalue weighted by molar-refractivity contribution is 1.22. The zero-order chi connectivity index (χ0) is 13.9. The van der Waals surface area contributed by atoms with Gasteiger partial charge < -0.3 is 5.73 Å². The molecule has 2 nitrogen and oxygen atoms in total. The van der Waals surface area contributed by atoms with E-state index < -0.39 is 0 Å². The fraction of sp³-hybridized carbons (Fsp3) is 0.118. The van der Waals surface area contributed by atoms with E-state index in [1.54, 1.807) is 11.8 Å². The number of rotatable bonds is 3. The first kappa shape index (κ1) is 13.0. The van der Waals surface area contributed by atoms with E-state index in [-0.39, 0.29) is 0 Å². The van der Waals surface area contributed by atoms with Crippen molar-refractivity contribution in [1.82, 2.24) is 4.98 Å². The van der Waals surface area contributed by atoms with Gasteiger partial charge in [-0.15, -0.1) is 11.8 Å². The maximum absolute atomic E-state index is 6.03. The fourth-order valence-electron chi connectivity index (χ4n) is 2.14. The van der Waals surface area contributed by atoms with Gasteiger partial charge in [-0.05, 0) is 36.8 Å². The number of para-hydroxylation sites is 1. The Morgan fingerprint density at radius 3 is 2.75 bits per heavy atom. The molecule has 1 heterocycles. The zero-order valence-electron chi connectivity index (χ0n) is 11.3.